The summed E-state index contributed by atoms with van der Waals surface area (Å²) < 4.78 is 6.98. The smallest absolute Gasteiger partial charge is 0.213 e. The highest BCUT2D eigenvalue weighted by Gasteiger charge is 2.31. The summed E-state index contributed by atoms with van der Waals surface area (Å²) in [6, 6.07) is 0. The molecule has 0 saturated carbocycles. The summed E-state index contributed by atoms with van der Waals surface area (Å²) in [4.78, 5) is 8.37. The Bertz CT molecular complexity index is 513. The minimum atomic E-state index is 0.221. The summed E-state index contributed by atoms with van der Waals surface area (Å²) in [6.45, 7) is 5.33. The normalized spacial score (nSPS) is 18.6. The first kappa shape index (κ1) is 12.3. The molecule has 1 aliphatic heterocycles. The zero-order valence-electron chi connectivity index (χ0n) is 11.2. The maximum atomic E-state index is 4.76. The Morgan fingerprint density at radius 2 is 2.26 bits per heavy atom. The van der Waals surface area contributed by atoms with Gasteiger partial charge in [0.05, 0.1) is 6.33 Å². The molecule has 102 valence electrons. The molecule has 0 aromatic carbocycles. The van der Waals surface area contributed by atoms with Crippen LogP contribution in [-0.2, 0) is 18.4 Å². The molecule has 1 N–H and O–H groups in total. The molecular weight excluding hydrogens is 242 g/mol. The average molecular weight is 261 g/mol. The van der Waals surface area contributed by atoms with E-state index in [9.17, 15) is 0 Å². The third kappa shape index (κ3) is 2.53. The van der Waals surface area contributed by atoms with Gasteiger partial charge < -0.3 is 14.4 Å². The maximum absolute atomic E-state index is 4.76. The molecule has 0 atom stereocenters. The highest BCUT2D eigenvalue weighted by molar-refractivity contribution is 5.15. The van der Waals surface area contributed by atoms with Crippen molar-refractivity contribution >= 4 is 0 Å². The standard InChI is InChI=1S/C13H19N5O/c1-13(3-5-14-6-4-13)11-8-15-9-18(11)7-2-12-16-10-19-17-12/h8-10,14H,2-7H2,1H3. The zero-order valence-corrected chi connectivity index (χ0v) is 11.2. The lowest BCUT2D eigenvalue weighted by atomic mass is 9.78. The number of hydrogen-bond donors (Lipinski definition) is 1. The molecule has 0 radical (unpaired) electrons. The largest absolute Gasteiger partial charge is 0.343 e. The Hall–Kier alpha value is -1.69. The second-order valence-corrected chi connectivity index (χ2v) is 5.38. The first-order valence-electron chi connectivity index (χ1n) is 6.74. The first-order valence-corrected chi connectivity index (χ1v) is 6.74. The number of piperidine rings is 1. The number of imidazole rings is 1. The summed E-state index contributed by atoms with van der Waals surface area (Å²) in [5.74, 6) is 0.745. The van der Waals surface area contributed by atoms with Gasteiger partial charge in [-0.1, -0.05) is 12.1 Å². The van der Waals surface area contributed by atoms with Gasteiger partial charge in [0, 0.05) is 30.3 Å². The SMILES string of the molecule is CC1(c2cncn2CCc2ncon2)CCNCC1. The minimum Gasteiger partial charge on any atom is -0.343 e. The van der Waals surface area contributed by atoms with E-state index < -0.39 is 0 Å². The molecule has 6 nitrogen and oxygen atoms in total. The number of rotatable bonds is 4. The molecular formula is C13H19N5O. The third-order valence-corrected chi connectivity index (χ3v) is 4.02. The lowest BCUT2D eigenvalue weighted by molar-refractivity contribution is 0.316. The van der Waals surface area contributed by atoms with E-state index in [4.69, 9.17) is 4.52 Å². The van der Waals surface area contributed by atoms with Gasteiger partial charge in [-0.25, -0.2) is 4.98 Å². The second-order valence-electron chi connectivity index (χ2n) is 5.38. The third-order valence-electron chi connectivity index (χ3n) is 4.02. The molecule has 19 heavy (non-hydrogen) atoms. The predicted molar refractivity (Wildman–Crippen MR) is 69.7 cm³/mol. The van der Waals surface area contributed by atoms with Crippen molar-refractivity contribution in [2.45, 2.75) is 38.1 Å². The minimum absolute atomic E-state index is 0.221. The quantitative estimate of drug-likeness (QED) is 0.894. The van der Waals surface area contributed by atoms with Gasteiger partial charge in [-0.3, -0.25) is 0 Å². The van der Waals surface area contributed by atoms with Crippen molar-refractivity contribution in [3.8, 4) is 0 Å². The average Bonchev–Trinajstić information content (AvgIpc) is 3.09. The van der Waals surface area contributed by atoms with Crippen LogP contribution in [0.5, 0.6) is 0 Å². The van der Waals surface area contributed by atoms with Crippen molar-refractivity contribution in [1.82, 2.24) is 25.0 Å². The molecule has 1 aliphatic rings. The predicted octanol–water partition coefficient (Wildman–Crippen LogP) is 1.15. The molecule has 6 heteroatoms. The van der Waals surface area contributed by atoms with Crippen molar-refractivity contribution in [2.24, 2.45) is 0 Å². The lowest BCUT2D eigenvalue weighted by Gasteiger charge is -2.34. The summed E-state index contributed by atoms with van der Waals surface area (Å²) in [5.41, 5.74) is 1.54. The van der Waals surface area contributed by atoms with Crippen LogP contribution in [0.2, 0.25) is 0 Å². The molecule has 0 spiro atoms. The van der Waals surface area contributed by atoms with Crippen molar-refractivity contribution in [3.63, 3.8) is 0 Å². The van der Waals surface area contributed by atoms with Crippen molar-refractivity contribution in [1.29, 1.82) is 0 Å². The van der Waals surface area contributed by atoms with Crippen LogP contribution in [0, 0.1) is 0 Å². The van der Waals surface area contributed by atoms with Gasteiger partial charge in [-0.15, -0.1) is 0 Å². The number of aryl methyl sites for hydroxylation is 2. The zero-order chi connectivity index (χ0) is 13.1. The Labute approximate surface area is 112 Å². The van der Waals surface area contributed by atoms with Gasteiger partial charge in [0.15, 0.2) is 5.82 Å². The highest BCUT2D eigenvalue weighted by atomic mass is 16.5. The fraction of sp³-hybridized carbons (Fsp3) is 0.615. The molecule has 0 amide bonds. The Morgan fingerprint density at radius 3 is 3.00 bits per heavy atom. The summed E-state index contributed by atoms with van der Waals surface area (Å²) in [6.07, 6.45) is 8.36. The first-order chi connectivity index (χ1) is 9.28. The molecule has 2 aromatic rings. The number of nitrogens with one attached hydrogen (secondary N) is 1. The summed E-state index contributed by atoms with van der Waals surface area (Å²) in [7, 11) is 0. The van der Waals surface area contributed by atoms with E-state index in [-0.39, 0.29) is 5.41 Å². The topological polar surface area (TPSA) is 68.8 Å². The van der Waals surface area contributed by atoms with Crippen LogP contribution in [0.25, 0.3) is 0 Å². The van der Waals surface area contributed by atoms with Crippen LogP contribution < -0.4 is 5.32 Å². The van der Waals surface area contributed by atoms with Crippen LogP contribution >= 0.6 is 0 Å². The van der Waals surface area contributed by atoms with Crippen LogP contribution in [0.1, 0.15) is 31.3 Å². The summed E-state index contributed by atoms with van der Waals surface area (Å²) in [5, 5.41) is 7.26. The van der Waals surface area contributed by atoms with E-state index in [0.29, 0.717) is 0 Å². The van der Waals surface area contributed by atoms with Crippen molar-refractivity contribution < 1.29 is 4.52 Å². The van der Waals surface area contributed by atoms with E-state index in [1.807, 2.05) is 12.5 Å². The van der Waals surface area contributed by atoms with Crippen LogP contribution in [0.3, 0.4) is 0 Å². The molecule has 2 aromatic heterocycles. The molecule has 0 unspecified atom stereocenters. The van der Waals surface area contributed by atoms with Crippen LogP contribution in [-0.4, -0.2) is 32.8 Å². The molecule has 1 fully saturated rings. The molecule has 1 saturated heterocycles. The van der Waals surface area contributed by atoms with E-state index in [1.54, 1.807) is 0 Å². The summed E-state index contributed by atoms with van der Waals surface area (Å²) >= 11 is 0. The molecule has 3 heterocycles. The van der Waals surface area contributed by atoms with E-state index >= 15 is 0 Å². The van der Waals surface area contributed by atoms with Gasteiger partial charge in [0.2, 0.25) is 6.39 Å². The van der Waals surface area contributed by atoms with Crippen LogP contribution in [0.15, 0.2) is 23.4 Å². The van der Waals surface area contributed by atoms with Crippen LogP contribution in [0.4, 0.5) is 0 Å². The lowest BCUT2D eigenvalue weighted by Crippen LogP contribution is -2.39. The monoisotopic (exact) mass is 261 g/mol. The van der Waals surface area contributed by atoms with Crippen molar-refractivity contribution in [2.75, 3.05) is 13.1 Å². The van der Waals surface area contributed by atoms with Gasteiger partial charge in [0.25, 0.3) is 0 Å². The molecule has 0 bridgehead atoms. The van der Waals surface area contributed by atoms with Gasteiger partial charge in [-0.2, -0.15) is 4.98 Å². The Morgan fingerprint density at radius 1 is 1.42 bits per heavy atom. The van der Waals surface area contributed by atoms with Gasteiger partial charge in [-0.05, 0) is 25.9 Å². The number of aromatic nitrogens is 4. The van der Waals surface area contributed by atoms with E-state index in [1.165, 1.54) is 12.1 Å². The Kier molecular flexibility index (Phi) is 3.33. The van der Waals surface area contributed by atoms with E-state index in [0.717, 1.165) is 44.7 Å². The van der Waals surface area contributed by atoms with Crippen molar-refractivity contribution in [3.05, 3.63) is 30.4 Å². The molecule has 3 rings (SSSR count). The number of hydrogen-bond acceptors (Lipinski definition) is 5. The maximum Gasteiger partial charge on any atom is 0.213 e. The van der Waals surface area contributed by atoms with E-state index in [2.05, 4.69) is 31.9 Å². The second kappa shape index (κ2) is 5.13. The fourth-order valence-electron chi connectivity index (χ4n) is 2.76. The van der Waals surface area contributed by atoms with Gasteiger partial charge in [0.1, 0.15) is 0 Å². The molecule has 0 aliphatic carbocycles. The fourth-order valence-corrected chi connectivity index (χ4v) is 2.76. The highest BCUT2D eigenvalue weighted by Crippen LogP contribution is 2.32. The van der Waals surface area contributed by atoms with Gasteiger partial charge >= 0.3 is 0 Å². The Balaban J connectivity index is 1.74. The number of nitrogens with zero attached hydrogens (tertiary/aromatic N) is 4.